The third-order valence-electron chi connectivity index (χ3n) is 32.1. The molecule has 0 radical (unpaired) electrons. The van der Waals surface area contributed by atoms with Gasteiger partial charge in [0, 0.05) is 99.4 Å². The molecule has 4 aromatic heterocycles. The normalized spacial score (nSPS) is 13.2. The maximum Gasteiger partial charge on any atom is 0.160 e. The molecule has 2 spiro atoms. The molecule has 24 aromatic carbocycles. The lowest BCUT2D eigenvalue weighted by atomic mass is 9.70. The number of fused-ring (bicyclic) bond motifs is 40. The number of furan rings is 4. The molecule has 28 aromatic rings. The molecule has 0 atom stereocenters. The van der Waals surface area contributed by atoms with Crippen molar-refractivity contribution in [1.82, 2.24) is 0 Å². The van der Waals surface area contributed by atoms with E-state index in [-0.39, 0.29) is 0 Å². The number of nitrogens with zero attached hydrogens (tertiary/aromatic N) is 4. The van der Waals surface area contributed by atoms with E-state index in [2.05, 4.69) is 517 Å². The van der Waals surface area contributed by atoms with E-state index in [0.717, 1.165) is 216 Å². The Morgan fingerprint density at radius 1 is 0.151 bits per heavy atom. The number of benzene rings is 24. The molecule has 0 saturated carbocycles. The van der Waals surface area contributed by atoms with E-state index >= 15 is 0 Å². The van der Waals surface area contributed by atoms with Gasteiger partial charge in [-0.2, -0.15) is 0 Å². The summed E-state index contributed by atoms with van der Waals surface area (Å²) < 4.78 is 29.0. The Morgan fingerprint density at radius 2 is 0.459 bits per heavy atom. The molecule has 4 aliphatic rings. The fraction of sp³-hybridized carbons (Fsp3) is 0.0145. The lowest BCUT2D eigenvalue weighted by Gasteiger charge is -2.33. The number of hydrogen-bond donors (Lipinski definition) is 0. The van der Waals surface area contributed by atoms with Crippen molar-refractivity contribution < 1.29 is 17.7 Å². The second-order valence-electron chi connectivity index (χ2n) is 39.4. The first-order valence-electron chi connectivity index (χ1n) is 50.2. The van der Waals surface area contributed by atoms with Crippen molar-refractivity contribution in [3.63, 3.8) is 0 Å². The fourth-order valence-corrected chi connectivity index (χ4v) is 26.2. The van der Waals surface area contributed by atoms with Crippen LogP contribution < -0.4 is 19.6 Å². The van der Waals surface area contributed by atoms with Crippen molar-refractivity contribution in [1.29, 1.82) is 0 Å². The molecule has 8 nitrogen and oxygen atoms in total. The van der Waals surface area contributed by atoms with Crippen LogP contribution in [0.2, 0.25) is 0 Å². The van der Waals surface area contributed by atoms with E-state index in [4.69, 9.17) is 17.7 Å². The maximum atomic E-state index is 7.55. The molecule has 4 aliphatic carbocycles. The van der Waals surface area contributed by atoms with Crippen LogP contribution in [0.5, 0.6) is 0 Å². The molecule has 0 unspecified atom stereocenters. The van der Waals surface area contributed by atoms with Crippen LogP contribution in [-0.4, -0.2) is 0 Å². The van der Waals surface area contributed by atoms with E-state index in [0.29, 0.717) is 0 Å². The van der Waals surface area contributed by atoms with E-state index in [1.54, 1.807) is 0 Å². The zero-order valence-electron chi connectivity index (χ0n) is 78.8. The summed E-state index contributed by atoms with van der Waals surface area (Å²) in [4.78, 5) is 9.75. The van der Waals surface area contributed by atoms with E-state index in [1.165, 1.54) is 83.5 Å². The number of para-hydroxylation sites is 10. The van der Waals surface area contributed by atoms with Gasteiger partial charge in [0.15, 0.2) is 11.2 Å². The van der Waals surface area contributed by atoms with Crippen LogP contribution in [0.25, 0.3) is 186 Å². The van der Waals surface area contributed by atoms with Crippen LogP contribution in [-0.2, 0) is 10.8 Å². The Balaban J connectivity index is 0.594. The molecule has 0 aliphatic heterocycles. The van der Waals surface area contributed by atoms with Gasteiger partial charge in [-0.3, -0.25) is 0 Å². The zero-order valence-corrected chi connectivity index (χ0v) is 78.8. The lowest BCUT2D eigenvalue weighted by Crippen LogP contribution is -2.26. The number of anilines is 12. The van der Waals surface area contributed by atoms with Crippen molar-refractivity contribution in [2.24, 2.45) is 0 Å². The van der Waals surface area contributed by atoms with Crippen LogP contribution in [0.15, 0.2) is 515 Å². The minimum atomic E-state index is -0.824. The third kappa shape index (κ3) is 11.2. The second kappa shape index (κ2) is 30.6. The SMILES string of the molecule is c1ccc(N(c2ccccc2)c2cc3c(c4cc5oc6ccccc6c5cc24)-c2cc4c(cc2C32c3ccccc3-c3ccccc32)cc(N(c2ccccc2)c2cccc(-c3ccc(N(c5ccccc5)c5cc6c(c7cc8c(cc57)oc5ccccc58)-c5cc7c(cc5C65c6ccccc6-c6ccccc65)cc(N(c5ccccc5)c5ccccc5)c5oc6ccccc6c57)cc3)c2)c2oc3ccccc3c24)cc1. The molecule has 0 N–H and O–H groups in total. The summed E-state index contributed by atoms with van der Waals surface area (Å²) in [6.45, 7) is 0. The summed E-state index contributed by atoms with van der Waals surface area (Å²) in [7, 11) is 0. The van der Waals surface area contributed by atoms with E-state index in [9.17, 15) is 0 Å². The molecule has 0 fully saturated rings. The van der Waals surface area contributed by atoms with Crippen LogP contribution >= 0.6 is 0 Å². The summed E-state index contributed by atoms with van der Waals surface area (Å²) in [5.41, 5.74) is 38.5. The van der Waals surface area contributed by atoms with Crippen molar-refractivity contribution in [3.05, 3.63) is 542 Å². The summed E-state index contributed by atoms with van der Waals surface area (Å²) in [6, 6.07) is 184. The molecule has 8 heteroatoms. The molecular formula is C138H82N4O4. The van der Waals surface area contributed by atoms with Crippen molar-refractivity contribution in [2.75, 3.05) is 19.6 Å². The second-order valence-corrected chi connectivity index (χ2v) is 39.4. The quantitative estimate of drug-likeness (QED) is 0.113. The Hall–Kier alpha value is -19.3. The Labute approximate surface area is 838 Å². The first-order valence-corrected chi connectivity index (χ1v) is 50.2. The molecule has 4 heterocycles. The predicted octanol–water partition coefficient (Wildman–Crippen LogP) is 38.1. The van der Waals surface area contributed by atoms with Crippen molar-refractivity contribution >= 4 is 199 Å². The molecule has 0 amide bonds. The van der Waals surface area contributed by atoms with Crippen LogP contribution in [0.4, 0.5) is 68.2 Å². The van der Waals surface area contributed by atoms with Crippen LogP contribution in [0.1, 0.15) is 44.5 Å². The van der Waals surface area contributed by atoms with Gasteiger partial charge in [0.1, 0.15) is 33.5 Å². The molecule has 0 bridgehead atoms. The fourth-order valence-electron chi connectivity index (χ4n) is 26.2. The summed E-state index contributed by atoms with van der Waals surface area (Å²) in [5.74, 6) is 0. The Morgan fingerprint density at radius 3 is 0.863 bits per heavy atom. The van der Waals surface area contributed by atoms with Crippen LogP contribution in [0, 0.1) is 0 Å². The average molecular weight is 1860 g/mol. The summed E-state index contributed by atoms with van der Waals surface area (Å²) in [5, 5.41) is 17.3. The summed E-state index contributed by atoms with van der Waals surface area (Å²) in [6.07, 6.45) is 0. The highest BCUT2D eigenvalue weighted by Gasteiger charge is 2.55. The van der Waals surface area contributed by atoms with Gasteiger partial charge in [0.25, 0.3) is 0 Å². The smallest absolute Gasteiger partial charge is 0.160 e. The van der Waals surface area contributed by atoms with Gasteiger partial charge in [-0.15, -0.1) is 0 Å². The lowest BCUT2D eigenvalue weighted by molar-refractivity contribution is 0.669. The first-order chi connectivity index (χ1) is 72.4. The summed E-state index contributed by atoms with van der Waals surface area (Å²) >= 11 is 0. The molecule has 146 heavy (non-hydrogen) atoms. The van der Waals surface area contributed by atoms with E-state index < -0.39 is 10.8 Å². The number of rotatable bonds is 13. The Bertz CT molecular complexity index is 10300. The molecule has 678 valence electrons. The van der Waals surface area contributed by atoms with Gasteiger partial charge < -0.3 is 37.3 Å². The van der Waals surface area contributed by atoms with Gasteiger partial charge in [-0.25, -0.2) is 0 Å². The zero-order chi connectivity index (χ0) is 95.3. The Kier molecular flexibility index (Phi) is 16.9. The standard InChI is InChI=1S/C138H82N4O4/c1-7-37-87(38-8-1)139(88-39-9-2-10-40-88)121-81-120-132(110-80-130-107(77-105(110)121)99-54-23-31-62-125(99)144-130)112-76-104-86(72-118(112)138(120)115-60-29-21-52-97(115)98-53-22-30-61-116(98)138)74-124(136-134(104)102-57-26-34-65-128(102)146-136)142(92-47-17-6-18-48-92)94-49-35-36-84(70-94)83-66-68-93(69-67-83)140(89-41-11-3-12-42-89)122-82-119-131(109-78-108-100-55-24-32-63-126(100)143-129(108)79-106(109)122)111-75-103-85(71-117(111)137(119)113-58-27-19-50-95(113)96-51-20-28-59-114(96)137)73-123(135-133(103)101-56-25-33-64-127(101)145-135)141(90-43-13-4-14-44-90)91-45-15-5-16-46-91/h1-82H. The first kappa shape index (κ1) is 80.5. The number of hydrogen-bond acceptors (Lipinski definition) is 8. The van der Waals surface area contributed by atoms with Gasteiger partial charge in [-0.1, -0.05) is 303 Å². The highest BCUT2D eigenvalue weighted by atomic mass is 16.3. The van der Waals surface area contributed by atoms with Gasteiger partial charge in [-0.05, 0) is 327 Å². The maximum absolute atomic E-state index is 7.55. The molecular weight excluding hydrogens is 1780 g/mol. The van der Waals surface area contributed by atoms with E-state index in [1.807, 2.05) is 0 Å². The minimum Gasteiger partial charge on any atom is -0.456 e. The van der Waals surface area contributed by atoms with Gasteiger partial charge >= 0.3 is 0 Å². The van der Waals surface area contributed by atoms with Crippen LogP contribution in [0.3, 0.4) is 0 Å². The molecule has 0 saturated heterocycles. The van der Waals surface area contributed by atoms with Crippen molar-refractivity contribution in [2.45, 2.75) is 10.8 Å². The minimum absolute atomic E-state index is 0.783. The van der Waals surface area contributed by atoms with Crippen molar-refractivity contribution in [3.8, 4) is 55.6 Å². The molecule has 32 rings (SSSR count). The topological polar surface area (TPSA) is 65.5 Å². The highest BCUT2D eigenvalue weighted by molar-refractivity contribution is 6.29. The third-order valence-corrected chi connectivity index (χ3v) is 32.1. The predicted molar refractivity (Wildman–Crippen MR) is 602 cm³/mol. The largest absolute Gasteiger partial charge is 0.456 e. The van der Waals surface area contributed by atoms with Gasteiger partial charge in [0.05, 0.1) is 33.6 Å². The monoisotopic (exact) mass is 1860 g/mol. The average Bonchev–Trinajstić information content (AvgIpc) is 1.49. The van der Waals surface area contributed by atoms with Gasteiger partial charge in [0.2, 0.25) is 0 Å². The highest BCUT2D eigenvalue weighted by Crippen LogP contribution is 2.70.